The number of carbonyl (C=O) groups is 1. The van der Waals surface area contributed by atoms with Crippen LogP contribution in [0.2, 0.25) is 0 Å². The Morgan fingerprint density at radius 2 is 1.77 bits per heavy atom. The van der Waals surface area contributed by atoms with Crippen molar-refractivity contribution >= 4 is 17.0 Å². The van der Waals surface area contributed by atoms with Gasteiger partial charge in [0.05, 0.1) is 5.52 Å². The first-order valence-electron chi connectivity index (χ1n) is 7.20. The Morgan fingerprint density at radius 1 is 1.05 bits per heavy atom. The fraction of sp³-hybridized carbons (Fsp3) is 0.167. The van der Waals surface area contributed by atoms with Crippen LogP contribution in [0.15, 0.2) is 60.8 Å². The molecule has 0 aliphatic carbocycles. The van der Waals surface area contributed by atoms with E-state index in [1.165, 1.54) is 4.57 Å². The minimum atomic E-state index is -0.413. The number of carbonyl (C=O) groups excluding carboxylic acids is 1. The number of benzene rings is 2. The summed E-state index contributed by atoms with van der Waals surface area (Å²) < 4.78 is 6.88. The van der Waals surface area contributed by atoms with Gasteiger partial charge in [0, 0.05) is 18.2 Å². The Labute approximate surface area is 128 Å². The maximum absolute atomic E-state index is 12.3. The normalized spacial score (nSPS) is 10.8. The standard InChI is InChI=1S/C18H17NO3/c20-11-10-15-12-19(17-9-5-4-8-16(15)17)18(21)22-13-14-6-2-1-3-7-14/h1-9,12,20H,10-11,13H2. The van der Waals surface area contributed by atoms with E-state index in [0.29, 0.717) is 6.42 Å². The number of para-hydroxylation sites is 1. The molecule has 1 heterocycles. The van der Waals surface area contributed by atoms with E-state index in [0.717, 1.165) is 22.0 Å². The molecule has 0 aliphatic heterocycles. The van der Waals surface area contributed by atoms with Crippen molar-refractivity contribution in [3.63, 3.8) is 0 Å². The van der Waals surface area contributed by atoms with Crippen LogP contribution in [0.5, 0.6) is 0 Å². The van der Waals surface area contributed by atoms with Gasteiger partial charge in [0.2, 0.25) is 0 Å². The molecule has 0 saturated heterocycles. The minimum Gasteiger partial charge on any atom is -0.444 e. The van der Waals surface area contributed by atoms with E-state index in [2.05, 4.69) is 0 Å². The van der Waals surface area contributed by atoms with Gasteiger partial charge in [0.25, 0.3) is 0 Å². The van der Waals surface area contributed by atoms with Gasteiger partial charge in [-0.1, -0.05) is 48.5 Å². The Bertz CT molecular complexity index is 777. The van der Waals surface area contributed by atoms with Gasteiger partial charge in [-0.25, -0.2) is 4.79 Å². The molecule has 0 amide bonds. The van der Waals surface area contributed by atoms with E-state index < -0.39 is 6.09 Å². The zero-order valence-electron chi connectivity index (χ0n) is 12.1. The van der Waals surface area contributed by atoms with Crippen molar-refractivity contribution in [1.82, 2.24) is 4.57 Å². The van der Waals surface area contributed by atoms with Crippen molar-refractivity contribution in [1.29, 1.82) is 0 Å². The van der Waals surface area contributed by atoms with Gasteiger partial charge >= 0.3 is 6.09 Å². The first-order chi connectivity index (χ1) is 10.8. The van der Waals surface area contributed by atoms with Gasteiger partial charge in [-0.3, -0.25) is 4.57 Å². The summed E-state index contributed by atoms with van der Waals surface area (Å²) in [7, 11) is 0. The summed E-state index contributed by atoms with van der Waals surface area (Å²) in [6.07, 6.45) is 1.84. The summed E-state index contributed by atoms with van der Waals surface area (Å²) in [5, 5.41) is 10.1. The zero-order valence-corrected chi connectivity index (χ0v) is 12.1. The number of hydrogen-bond acceptors (Lipinski definition) is 3. The number of aromatic nitrogens is 1. The molecular weight excluding hydrogens is 278 g/mol. The summed E-state index contributed by atoms with van der Waals surface area (Å²) in [5.74, 6) is 0. The van der Waals surface area contributed by atoms with Gasteiger partial charge in [0.1, 0.15) is 6.61 Å². The van der Waals surface area contributed by atoms with Crippen LogP contribution in [-0.2, 0) is 17.8 Å². The molecule has 0 fully saturated rings. The Morgan fingerprint density at radius 3 is 2.55 bits per heavy atom. The summed E-state index contributed by atoms with van der Waals surface area (Å²) in [4.78, 5) is 12.3. The lowest BCUT2D eigenvalue weighted by molar-refractivity contribution is 0.142. The van der Waals surface area contributed by atoms with Gasteiger partial charge in [-0.15, -0.1) is 0 Å². The van der Waals surface area contributed by atoms with Gasteiger partial charge in [-0.2, -0.15) is 0 Å². The summed E-state index contributed by atoms with van der Waals surface area (Å²) >= 11 is 0. The van der Waals surface area contributed by atoms with Crippen LogP contribution in [0.3, 0.4) is 0 Å². The highest BCUT2D eigenvalue weighted by atomic mass is 16.5. The SMILES string of the molecule is O=C(OCc1ccccc1)n1cc(CCO)c2ccccc21. The Kier molecular flexibility index (Phi) is 4.21. The maximum Gasteiger partial charge on any atom is 0.418 e. The fourth-order valence-corrected chi connectivity index (χ4v) is 2.51. The lowest BCUT2D eigenvalue weighted by atomic mass is 10.1. The average Bonchev–Trinajstić information content (AvgIpc) is 2.93. The first-order valence-corrected chi connectivity index (χ1v) is 7.20. The fourth-order valence-electron chi connectivity index (χ4n) is 2.51. The largest absolute Gasteiger partial charge is 0.444 e. The van der Waals surface area contributed by atoms with Crippen molar-refractivity contribution in [3.05, 3.63) is 71.9 Å². The Hall–Kier alpha value is -2.59. The molecule has 0 atom stereocenters. The molecule has 3 rings (SSSR count). The molecule has 0 unspecified atom stereocenters. The number of nitrogens with zero attached hydrogens (tertiary/aromatic N) is 1. The lowest BCUT2D eigenvalue weighted by Gasteiger charge is -2.06. The molecule has 0 bridgehead atoms. The second-order valence-electron chi connectivity index (χ2n) is 5.06. The topological polar surface area (TPSA) is 51.5 Å². The molecular formula is C18H17NO3. The van der Waals surface area contributed by atoms with Crippen LogP contribution in [0.1, 0.15) is 11.1 Å². The molecule has 112 valence electrons. The number of fused-ring (bicyclic) bond motifs is 1. The highest BCUT2D eigenvalue weighted by Crippen LogP contribution is 2.22. The molecule has 22 heavy (non-hydrogen) atoms. The second kappa shape index (κ2) is 6.45. The van der Waals surface area contributed by atoms with Crippen LogP contribution in [0.25, 0.3) is 10.9 Å². The van der Waals surface area contributed by atoms with E-state index in [-0.39, 0.29) is 13.2 Å². The first kappa shape index (κ1) is 14.4. The van der Waals surface area contributed by atoms with Crippen molar-refractivity contribution < 1.29 is 14.6 Å². The van der Waals surface area contributed by atoms with Gasteiger partial charge < -0.3 is 9.84 Å². The van der Waals surface area contributed by atoms with Crippen LogP contribution in [0, 0.1) is 0 Å². The van der Waals surface area contributed by atoms with Crippen molar-refractivity contribution in [2.75, 3.05) is 6.61 Å². The second-order valence-corrected chi connectivity index (χ2v) is 5.06. The van der Waals surface area contributed by atoms with E-state index in [9.17, 15) is 4.79 Å². The number of aliphatic hydroxyl groups is 1. The molecule has 0 spiro atoms. The summed E-state index contributed by atoms with van der Waals surface area (Å²) in [6.45, 7) is 0.286. The minimum absolute atomic E-state index is 0.0487. The summed E-state index contributed by atoms with van der Waals surface area (Å²) in [5.41, 5.74) is 2.68. The van der Waals surface area contributed by atoms with Crippen LogP contribution in [0.4, 0.5) is 4.79 Å². The van der Waals surface area contributed by atoms with Crippen molar-refractivity contribution in [3.8, 4) is 0 Å². The third-order valence-corrected chi connectivity index (χ3v) is 3.58. The van der Waals surface area contributed by atoms with Crippen molar-refractivity contribution in [2.45, 2.75) is 13.0 Å². The highest BCUT2D eigenvalue weighted by molar-refractivity contribution is 5.91. The van der Waals surface area contributed by atoms with Gasteiger partial charge in [-0.05, 0) is 23.6 Å². The average molecular weight is 295 g/mol. The lowest BCUT2D eigenvalue weighted by Crippen LogP contribution is -2.12. The molecule has 3 aromatic rings. The molecule has 0 saturated carbocycles. The molecule has 0 aliphatic rings. The van der Waals surface area contributed by atoms with E-state index in [4.69, 9.17) is 9.84 Å². The third-order valence-electron chi connectivity index (χ3n) is 3.58. The third kappa shape index (κ3) is 2.87. The molecule has 4 nitrogen and oxygen atoms in total. The molecule has 2 aromatic carbocycles. The zero-order chi connectivity index (χ0) is 15.4. The maximum atomic E-state index is 12.3. The molecule has 1 N–H and O–H groups in total. The monoisotopic (exact) mass is 295 g/mol. The van der Waals surface area contributed by atoms with Crippen LogP contribution in [-0.4, -0.2) is 22.4 Å². The van der Waals surface area contributed by atoms with Crippen LogP contribution < -0.4 is 0 Å². The number of rotatable bonds is 4. The molecule has 1 aromatic heterocycles. The van der Waals surface area contributed by atoms with E-state index in [1.54, 1.807) is 6.20 Å². The van der Waals surface area contributed by atoms with Crippen LogP contribution >= 0.6 is 0 Å². The Balaban J connectivity index is 1.84. The predicted octanol–water partition coefficient (Wildman–Crippen LogP) is 3.36. The quantitative estimate of drug-likeness (QED) is 0.803. The molecule has 4 heteroatoms. The smallest absolute Gasteiger partial charge is 0.418 e. The number of hydrogen-bond donors (Lipinski definition) is 1. The highest BCUT2D eigenvalue weighted by Gasteiger charge is 2.14. The number of ether oxygens (including phenoxy) is 1. The number of aliphatic hydroxyl groups excluding tert-OH is 1. The van der Waals surface area contributed by atoms with E-state index >= 15 is 0 Å². The van der Waals surface area contributed by atoms with Crippen molar-refractivity contribution in [2.24, 2.45) is 0 Å². The summed E-state index contributed by atoms with van der Waals surface area (Å²) in [6, 6.07) is 17.2. The molecule has 0 radical (unpaired) electrons. The predicted molar refractivity (Wildman–Crippen MR) is 84.8 cm³/mol. The van der Waals surface area contributed by atoms with E-state index in [1.807, 2.05) is 54.6 Å². The van der Waals surface area contributed by atoms with Gasteiger partial charge in [0.15, 0.2) is 0 Å².